The predicted octanol–water partition coefficient (Wildman–Crippen LogP) is 3.09. The summed E-state index contributed by atoms with van der Waals surface area (Å²) in [6, 6.07) is 1.10. The smallest absolute Gasteiger partial charge is 0.341 e. The van der Waals surface area contributed by atoms with E-state index >= 15 is 4.39 Å². The van der Waals surface area contributed by atoms with Crippen molar-refractivity contribution in [1.82, 2.24) is 4.57 Å². The monoisotopic (exact) mass is 368 g/mol. The third kappa shape index (κ3) is 2.27. The van der Waals surface area contributed by atoms with E-state index in [4.69, 9.17) is 0 Å². The zero-order valence-electron chi connectivity index (χ0n) is 14.4. The fourth-order valence-corrected chi connectivity index (χ4v) is 4.32. The van der Waals surface area contributed by atoms with Gasteiger partial charge in [-0.1, -0.05) is 12.2 Å². The first kappa shape index (κ1) is 16.2. The van der Waals surface area contributed by atoms with Gasteiger partial charge >= 0.3 is 5.97 Å². The van der Waals surface area contributed by atoms with Crippen LogP contribution < -0.4 is 10.3 Å². The van der Waals surface area contributed by atoms with Crippen LogP contribution in [0.3, 0.4) is 0 Å². The zero-order chi connectivity index (χ0) is 18.9. The van der Waals surface area contributed by atoms with E-state index in [1.165, 1.54) is 11.1 Å². The van der Waals surface area contributed by atoms with Crippen LogP contribution in [0.25, 0.3) is 17.0 Å². The molecule has 27 heavy (non-hydrogen) atoms. The van der Waals surface area contributed by atoms with Crippen molar-refractivity contribution in [3.8, 4) is 0 Å². The van der Waals surface area contributed by atoms with Crippen LogP contribution in [0.15, 0.2) is 23.1 Å². The summed E-state index contributed by atoms with van der Waals surface area (Å²) in [5, 5.41) is 9.44. The number of fused-ring (bicyclic) bond motifs is 5. The topological polar surface area (TPSA) is 79.6 Å². The Morgan fingerprint density at radius 2 is 1.96 bits per heavy atom. The summed E-state index contributed by atoms with van der Waals surface area (Å²) >= 11 is 0. The molecule has 0 radical (unpaired) electrons. The van der Waals surface area contributed by atoms with Crippen molar-refractivity contribution < 1.29 is 19.1 Å². The number of rotatable bonds is 2. The summed E-state index contributed by atoms with van der Waals surface area (Å²) in [5.74, 6) is -2.10. The van der Waals surface area contributed by atoms with Gasteiger partial charge in [-0.05, 0) is 31.7 Å². The highest BCUT2D eigenvalue weighted by atomic mass is 19.1. The number of anilines is 1. The summed E-state index contributed by atoms with van der Waals surface area (Å²) in [6.45, 7) is 0. The second-order valence-electron chi connectivity index (χ2n) is 7.43. The molecule has 138 valence electrons. The normalized spacial score (nSPS) is 21.3. The summed E-state index contributed by atoms with van der Waals surface area (Å²) in [6.07, 6.45) is 8.47. The van der Waals surface area contributed by atoms with Gasteiger partial charge in [0.25, 0.3) is 0 Å². The minimum Gasteiger partial charge on any atom is -0.477 e. The molecule has 6 nitrogen and oxygen atoms in total. The largest absolute Gasteiger partial charge is 0.477 e. The molecule has 1 aromatic heterocycles. The third-order valence-corrected chi connectivity index (χ3v) is 5.71. The van der Waals surface area contributed by atoms with E-state index < -0.39 is 17.2 Å². The predicted molar refractivity (Wildman–Crippen MR) is 97.6 cm³/mol. The number of carbonyl (C=O) groups is 2. The van der Waals surface area contributed by atoms with Gasteiger partial charge in [0.1, 0.15) is 11.4 Å². The summed E-state index contributed by atoms with van der Waals surface area (Å²) in [7, 11) is 0. The van der Waals surface area contributed by atoms with Crippen LogP contribution in [-0.4, -0.2) is 27.6 Å². The number of nitrogens with zero attached hydrogens (tertiary/aromatic N) is 2. The minimum atomic E-state index is -1.32. The second-order valence-corrected chi connectivity index (χ2v) is 7.43. The molecule has 2 fully saturated rings. The number of hydrogen-bond donors (Lipinski definition) is 1. The molecule has 1 saturated heterocycles. The molecular formula is C20H17FN2O4. The highest BCUT2D eigenvalue weighted by Crippen LogP contribution is 2.43. The van der Waals surface area contributed by atoms with Crippen LogP contribution in [0.1, 0.15) is 54.1 Å². The molecule has 1 atom stereocenters. The molecule has 0 unspecified atom stereocenters. The molecule has 1 aromatic carbocycles. The van der Waals surface area contributed by atoms with Crippen LogP contribution in [0, 0.1) is 5.82 Å². The van der Waals surface area contributed by atoms with Gasteiger partial charge < -0.3 is 14.6 Å². The lowest BCUT2D eigenvalue weighted by atomic mass is 10.0. The van der Waals surface area contributed by atoms with E-state index in [2.05, 4.69) is 0 Å². The standard InChI is InChI=1S/C20H17FN2O4/c21-15-8-13-17(22(10-4-5-10)9-14(19(13)25)20(26)27)12-3-1-2-11-6-7-16(24)23(11)18(12)15/h1,3,8-11H,2,4-7H2,(H,26,27)/t11-/m1/s1. The molecule has 7 heteroatoms. The molecule has 0 bridgehead atoms. The molecule has 1 N–H and O–H groups in total. The number of carboxylic acid groups (broad SMARTS) is 1. The van der Waals surface area contributed by atoms with E-state index in [1.807, 2.05) is 6.08 Å². The number of aromatic nitrogens is 1. The number of carboxylic acids is 1. The Balaban J connectivity index is 1.92. The zero-order valence-corrected chi connectivity index (χ0v) is 14.4. The minimum absolute atomic E-state index is 0.0489. The molecular weight excluding hydrogens is 351 g/mol. The molecule has 0 spiro atoms. The maximum Gasteiger partial charge on any atom is 0.341 e. The van der Waals surface area contributed by atoms with Gasteiger partial charge in [0.15, 0.2) is 0 Å². The van der Waals surface area contributed by atoms with E-state index in [0.29, 0.717) is 30.3 Å². The lowest BCUT2D eigenvalue weighted by Crippen LogP contribution is -2.33. The number of aromatic carboxylic acids is 1. The highest BCUT2D eigenvalue weighted by Gasteiger charge is 2.37. The number of halogens is 1. The van der Waals surface area contributed by atoms with Crippen molar-refractivity contribution >= 4 is 34.5 Å². The fourth-order valence-electron chi connectivity index (χ4n) is 4.32. The van der Waals surface area contributed by atoms with Crippen LogP contribution in [0.4, 0.5) is 10.1 Å². The van der Waals surface area contributed by atoms with E-state index in [-0.39, 0.29) is 34.6 Å². The van der Waals surface area contributed by atoms with Crippen LogP contribution in [0.2, 0.25) is 0 Å². The molecule has 3 aliphatic rings. The Labute approximate surface area is 153 Å². The Morgan fingerprint density at radius 3 is 2.67 bits per heavy atom. The van der Waals surface area contributed by atoms with Gasteiger partial charge in [-0.2, -0.15) is 0 Å². The molecule has 2 aromatic rings. The average molecular weight is 368 g/mol. The summed E-state index contributed by atoms with van der Waals surface area (Å²) < 4.78 is 16.9. The second kappa shape index (κ2) is 5.52. The third-order valence-electron chi connectivity index (χ3n) is 5.71. The summed E-state index contributed by atoms with van der Waals surface area (Å²) in [5.41, 5.74) is 0.157. The van der Waals surface area contributed by atoms with Gasteiger partial charge in [0.05, 0.1) is 16.6 Å². The van der Waals surface area contributed by atoms with Crippen molar-refractivity contribution in [1.29, 1.82) is 0 Å². The molecule has 2 aliphatic heterocycles. The Bertz CT molecular complexity index is 1110. The Hall–Kier alpha value is -2.96. The first-order chi connectivity index (χ1) is 13.0. The van der Waals surface area contributed by atoms with Crippen molar-refractivity contribution in [3.63, 3.8) is 0 Å². The number of carbonyl (C=O) groups excluding carboxylic acids is 1. The van der Waals surface area contributed by atoms with Crippen molar-refractivity contribution in [2.75, 3.05) is 4.90 Å². The molecule has 1 amide bonds. The maximum atomic E-state index is 15.1. The van der Waals surface area contributed by atoms with Gasteiger partial charge in [-0.3, -0.25) is 9.59 Å². The SMILES string of the molecule is O=C(O)c1cn(C2CC2)c2c3c(c(F)cc2c1=O)N1C(=O)CC[C@H]1CC=C3. The van der Waals surface area contributed by atoms with Crippen molar-refractivity contribution in [2.45, 2.75) is 44.2 Å². The van der Waals surface area contributed by atoms with Crippen LogP contribution in [0.5, 0.6) is 0 Å². The lowest BCUT2D eigenvalue weighted by Gasteiger charge is -2.26. The highest BCUT2D eigenvalue weighted by molar-refractivity contribution is 6.04. The van der Waals surface area contributed by atoms with Gasteiger partial charge in [-0.25, -0.2) is 9.18 Å². The first-order valence-corrected chi connectivity index (χ1v) is 9.10. The van der Waals surface area contributed by atoms with E-state index in [1.54, 1.807) is 10.6 Å². The van der Waals surface area contributed by atoms with E-state index in [9.17, 15) is 19.5 Å². The maximum absolute atomic E-state index is 15.1. The molecule has 3 heterocycles. The lowest BCUT2D eigenvalue weighted by molar-refractivity contribution is -0.117. The van der Waals surface area contributed by atoms with Crippen molar-refractivity contribution in [3.05, 3.63) is 45.5 Å². The number of amides is 1. The number of benzene rings is 1. The van der Waals surface area contributed by atoms with Gasteiger partial charge in [0, 0.05) is 30.3 Å². The fraction of sp³-hybridized carbons (Fsp3) is 0.350. The quantitative estimate of drug-likeness (QED) is 0.883. The van der Waals surface area contributed by atoms with Crippen molar-refractivity contribution in [2.24, 2.45) is 0 Å². The van der Waals surface area contributed by atoms with Gasteiger partial charge in [0.2, 0.25) is 11.3 Å². The summed E-state index contributed by atoms with van der Waals surface area (Å²) in [4.78, 5) is 38.2. The number of pyridine rings is 1. The Morgan fingerprint density at radius 1 is 1.19 bits per heavy atom. The Kier molecular flexibility index (Phi) is 3.32. The first-order valence-electron chi connectivity index (χ1n) is 9.10. The molecule has 1 aliphatic carbocycles. The molecule has 1 saturated carbocycles. The average Bonchev–Trinajstić information content (AvgIpc) is 3.42. The van der Waals surface area contributed by atoms with Gasteiger partial charge in [-0.15, -0.1) is 0 Å². The number of hydrogen-bond acceptors (Lipinski definition) is 3. The molecule has 5 rings (SSSR count). The van der Waals surface area contributed by atoms with Crippen LogP contribution in [-0.2, 0) is 4.79 Å². The van der Waals surface area contributed by atoms with Crippen LogP contribution >= 0.6 is 0 Å². The van der Waals surface area contributed by atoms with E-state index in [0.717, 1.165) is 18.9 Å².